The molecule has 2 heterocycles. The van der Waals surface area contributed by atoms with Crippen molar-refractivity contribution in [3.8, 4) is 11.5 Å². The smallest absolute Gasteiger partial charge is 0.223 e. The summed E-state index contributed by atoms with van der Waals surface area (Å²) in [5.74, 6) is 1.80. The summed E-state index contributed by atoms with van der Waals surface area (Å²) in [5, 5.41) is 3.33. The number of methoxy groups -OCH3 is 1. The zero-order valence-corrected chi connectivity index (χ0v) is 19.1. The maximum Gasteiger partial charge on any atom is 0.223 e. The van der Waals surface area contributed by atoms with Crippen molar-refractivity contribution in [1.29, 1.82) is 0 Å². The van der Waals surface area contributed by atoms with Gasteiger partial charge in [0, 0.05) is 30.5 Å². The topological polar surface area (TPSA) is 50.8 Å². The van der Waals surface area contributed by atoms with Crippen molar-refractivity contribution in [1.82, 2.24) is 10.2 Å². The highest BCUT2D eigenvalue weighted by molar-refractivity contribution is 5.79. The minimum atomic E-state index is -0.339. The number of hydrogen-bond donors (Lipinski definition) is 1. The van der Waals surface area contributed by atoms with Crippen LogP contribution in [0.4, 0.5) is 0 Å². The highest BCUT2D eigenvalue weighted by Gasteiger charge is 2.36. The first-order valence-electron chi connectivity index (χ1n) is 11.3. The lowest BCUT2D eigenvalue weighted by atomic mass is 9.88. The quantitative estimate of drug-likeness (QED) is 0.763. The molecule has 5 nitrogen and oxygen atoms in total. The first-order chi connectivity index (χ1) is 14.8. The maximum atomic E-state index is 13.1. The number of piperidine rings is 1. The molecular formula is C26H34N2O3. The average molecular weight is 423 g/mol. The van der Waals surface area contributed by atoms with Gasteiger partial charge in [0.05, 0.1) is 13.2 Å². The zero-order valence-electron chi connectivity index (χ0n) is 19.1. The van der Waals surface area contributed by atoms with Gasteiger partial charge in [0.1, 0.15) is 17.1 Å². The predicted molar refractivity (Wildman–Crippen MR) is 122 cm³/mol. The first-order valence-corrected chi connectivity index (χ1v) is 11.3. The van der Waals surface area contributed by atoms with Gasteiger partial charge in [-0.25, -0.2) is 0 Å². The Labute approximate surface area is 185 Å². The Morgan fingerprint density at radius 1 is 1.16 bits per heavy atom. The van der Waals surface area contributed by atoms with E-state index in [1.807, 2.05) is 18.2 Å². The van der Waals surface area contributed by atoms with Crippen molar-refractivity contribution in [3.05, 3.63) is 59.2 Å². The molecule has 0 aliphatic carbocycles. The number of hydrogen-bond acceptors (Lipinski definition) is 4. The van der Waals surface area contributed by atoms with Crippen molar-refractivity contribution in [2.45, 2.75) is 58.2 Å². The van der Waals surface area contributed by atoms with E-state index in [2.05, 4.69) is 55.3 Å². The van der Waals surface area contributed by atoms with Crippen molar-refractivity contribution in [2.24, 2.45) is 5.92 Å². The van der Waals surface area contributed by atoms with Crippen molar-refractivity contribution < 1.29 is 14.3 Å². The van der Waals surface area contributed by atoms with E-state index in [4.69, 9.17) is 9.47 Å². The molecule has 1 saturated heterocycles. The molecule has 0 spiro atoms. The number of fused-ring (bicyclic) bond motifs is 1. The van der Waals surface area contributed by atoms with Gasteiger partial charge in [0.25, 0.3) is 0 Å². The number of ether oxygens (including phenoxy) is 2. The second-order valence-corrected chi connectivity index (χ2v) is 9.57. The standard InChI is InChI=1S/C26H34N2O3/c1-18-5-7-19(8-6-18)17-28-13-11-20(12-14-28)25(29)27-23-16-26(2,3)31-24-15-21(30-4)9-10-22(23)24/h5-10,15,20,23H,11-14,16-17H2,1-4H3,(H,27,29)/t23-/m0/s1. The van der Waals surface area contributed by atoms with Crippen LogP contribution in [0.2, 0.25) is 0 Å². The Balaban J connectivity index is 1.36. The van der Waals surface area contributed by atoms with Gasteiger partial charge in [-0.3, -0.25) is 9.69 Å². The number of likely N-dealkylation sites (tertiary alicyclic amines) is 1. The lowest BCUT2D eigenvalue weighted by Gasteiger charge is -2.39. The highest BCUT2D eigenvalue weighted by Crippen LogP contribution is 2.41. The number of carbonyl (C=O) groups is 1. The minimum absolute atomic E-state index is 0.0391. The van der Waals surface area contributed by atoms with Gasteiger partial charge in [0.2, 0.25) is 5.91 Å². The third-order valence-corrected chi connectivity index (χ3v) is 6.48. The third kappa shape index (κ3) is 5.21. The van der Waals surface area contributed by atoms with E-state index in [1.165, 1.54) is 11.1 Å². The Bertz CT molecular complexity index is 915. The fraction of sp³-hybridized carbons (Fsp3) is 0.500. The van der Waals surface area contributed by atoms with E-state index < -0.39 is 0 Å². The first kappa shape index (κ1) is 21.7. The maximum absolute atomic E-state index is 13.1. The van der Waals surface area contributed by atoms with Crippen molar-refractivity contribution >= 4 is 5.91 Å². The van der Waals surface area contributed by atoms with Gasteiger partial charge in [-0.15, -0.1) is 0 Å². The summed E-state index contributed by atoms with van der Waals surface area (Å²) >= 11 is 0. The molecule has 166 valence electrons. The van der Waals surface area contributed by atoms with E-state index in [-0.39, 0.29) is 23.5 Å². The number of nitrogens with zero attached hydrogens (tertiary/aromatic N) is 1. The number of benzene rings is 2. The second-order valence-electron chi connectivity index (χ2n) is 9.57. The minimum Gasteiger partial charge on any atom is -0.497 e. The van der Waals surface area contributed by atoms with Crippen LogP contribution in [0, 0.1) is 12.8 Å². The number of aryl methyl sites for hydroxylation is 1. The Morgan fingerprint density at radius 3 is 2.55 bits per heavy atom. The largest absolute Gasteiger partial charge is 0.497 e. The predicted octanol–water partition coefficient (Wildman–Crippen LogP) is 4.63. The third-order valence-electron chi connectivity index (χ3n) is 6.48. The molecular weight excluding hydrogens is 388 g/mol. The molecule has 0 unspecified atom stereocenters. The molecule has 0 radical (unpaired) electrons. The SMILES string of the molecule is COc1ccc2c(c1)OC(C)(C)C[C@@H]2NC(=O)C1CCN(Cc2ccc(C)cc2)CC1. The van der Waals surface area contributed by atoms with Gasteiger partial charge in [-0.2, -0.15) is 0 Å². The number of carbonyl (C=O) groups excluding carboxylic acids is 1. The molecule has 4 rings (SSSR count). The Morgan fingerprint density at radius 2 is 1.87 bits per heavy atom. The molecule has 2 aromatic rings. The normalized spacial score (nSPS) is 21.1. The van der Waals surface area contributed by atoms with Crippen LogP contribution in [0.3, 0.4) is 0 Å². The van der Waals surface area contributed by atoms with Crippen LogP contribution < -0.4 is 14.8 Å². The van der Waals surface area contributed by atoms with Gasteiger partial charge in [-0.05, 0) is 64.4 Å². The molecule has 0 saturated carbocycles. The lowest BCUT2D eigenvalue weighted by Crippen LogP contribution is -2.45. The highest BCUT2D eigenvalue weighted by atomic mass is 16.5. The zero-order chi connectivity index (χ0) is 22.0. The monoisotopic (exact) mass is 422 g/mol. The Kier molecular flexibility index (Phi) is 6.24. The number of rotatable bonds is 5. The summed E-state index contributed by atoms with van der Waals surface area (Å²) in [6, 6.07) is 14.6. The van der Waals surface area contributed by atoms with E-state index in [1.54, 1.807) is 7.11 Å². The summed E-state index contributed by atoms with van der Waals surface area (Å²) in [6.07, 6.45) is 2.56. The molecule has 31 heavy (non-hydrogen) atoms. The van der Waals surface area contributed by atoms with E-state index in [9.17, 15) is 4.79 Å². The van der Waals surface area contributed by atoms with Gasteiger partial charge < -0.3 is 14.8 Å². The van der Waals surface area contributed by atoms with E-state index in [0.29, 0.717) is 0 Å². The van der Waals surface area contributed by atoms with Crippen LogP contribution in [0.25, 0.3) is 0 Å². The summed E-state index contributed by atoms with van der Waals surface area (Å²) < 4.78 is 11.5. The lowest BCUT2D eigenvalue weighted by molar-refractivity contribution is -0.127. The van der Waals surface area contributed by atoms with Crippen LogP contribution in [-0.4, -0.2) is 36.6 Å². The summed E-state index contributed by atoms with van der Waals surface area (Å²) in [7, 11) is 1.65. The van der Waals surface area contributed by atoms with Crippen LogP contribution in [0.15, 0.2) is 42.5 Å². The molecule has 5 heteroatoms. The summed E-state index contributed by atoms with van der Waals surface area (Å²) in [6.45, 7) is 9.12. The molecule has 1 amide bonds. The molecule has 2 aliphatic heterocycles. The van der Waals surface area contributed by atoms with Crippen LogP contribution in [-0.2, 0) is 11.3 Å². The second kappa shape index (κ2) is 8.91. The van der Waals surface area contributed by atoms with Crippen molar-refractivity contribution in [2.75, 3.05) is 20.2 Å². The van der Waals surface area contributed by atoms with E-state index >= 15 is 0 Å². The molecule has 0 aromatic heterocycles. The molecule has 1 N–H and O–H groups in total. The fourth-order valence-corrected chi connectivity index (χ4v) is 4.68. The number of nitrogens with one attached hydrogen (secondary N) is 1. The summed E-state index contributed by atoms with van der Waals surface area (Å²) in [4.78, 5) is 15.6. The molecule has 2 aliphatic rings. The number of amides is 1. The van der Waals surface area contributed by atoms with E-state index in [0.717, 1.165) is 56.0 Å². The van der Waals surface area contributed by atoms with Crippen LogP contribution in [0.1, 0.15) is 55.8 Å². The molecule has 2 aromatic carbocycles. The van der Waals surface area contributed by atoms with Gasteiger partial charge in [-0.1, -0.05) is 29.8 Å². The molecule has 1 atom stereocenters. The average Bonchev–Trinajstić information content (AvgIpc) is 2.74. The van der Waals surface area contributed by atoms with Crippen LogP contribution in [0.5, 0.6) is 11.5 Å². The molecule has 0 bridgehead atoms. The van der Waals surface area contributed by atoms with Crippen molar-refractivity contribution in [3.63, 3.8) is 0 Å². The van der Waals surface area contributed by atoms with Gasteiger partial charge in [0.15, 0.2) is 0 Å². The molecule has 1 fully saturated rings. The Hall–Kier alpha value is -2.53. The fourth-order valence-electron chi connectivity index (χ4n) is 4.68. The van der Waals surface area contributed by atoms with Crippen LogP contribution >= 0.6 is 0 Å². The summed E-state index contributed by atoms with van der Waals surface area (Å²) in [5.41, 5.74) is 3.32. The van der Waals surface area contributed by atoms with Gasteiger partial charge >= 0.3 is 0 Å².